The molecule has 0 atom stereocenters. The normalized spacial score (nSPS) is 15.5. The highest BCUT2D eigenvalue weighted by Gasteiger charge is 2.33. The van der Waals surface area contributed by atoms with E-state index in [-0.39, 0.29) is 29.8 Å². The van der Waals surface area contributed by atoms with Crippen LogP contribution in [0.25, 0.3) is 0 Å². The highest BCUT2D eigenvalue weighted by atomic mass is 35.5. The predicted octanol–water partition coefficient (Wildman–Crippen LogP) is 3.86. The molecule has 0 spiro atoms. The van der Waals surface area contributed by atoms with Crippen molar-refractivity contribution in [3.05, 3.63) is 59.4 Å². The minimum Gasteiger partial charge on any atom is -0.494 e. The number of rotatable bonds is 9. The molecule has 2 aromatic carbocycles. The Hall–Kier alpha value is -2.16. The van der Waals surface area contributed by atoms with Crippen molar-refractivity contribution in [3.63, 3.8) is 0 Å². The number of carbonyl (C=O) groups is 1. The van der Waals surface area contributed by atoms with Crippen molar-refractivity contribution in [2.75, 3.05) is 26.2 Å². The lowest BCUT2D eigenvalue weighted by Gasteiger charge is -2.30. The maximum Gasteiger partial charge on any atom is 0.245 e. The number of halogens is 2. The van der Waals surface area contributed by atoms with Crippen LogP contribution in [0.1, 0.15) is 25.7 Å². The van der Waals surface area contributed by atoms with Gasteiger partial charge in [-0.3, -0.25) is 4.79 Å². The summed E-state index contributed by atoms with van der Waals surface area (Å²) in [4.78, 5) is 12.1. The summed E-state index contributed by atoms with van der Waals surface area (Å²) in [5.74, 6) is -0.313. The molecule has 0 bridgehead atoms. The molecule has 1 saturated heterocycles. The van der Waals surface area contributed by atoms with E-state index in [0.29, 0.717) is 31.0 Å². The van der Waals surface area contributed by atoms with Crippen molar-refractivity contribution in [3.8, 4) is 5.75 Å². The van der Waals surface area contributed by atoms with E-state index < -0.39 is 15.8 Å². The number of unbranched alkanes of at least 4 members (excludes halogenated alkanes) is 1. The van der Waals surface area contributed by atoms with Crippen molar-refractivity contribution in [1.82, 2.24) is 9.62 Å². The Kier molecular flexibility index (Phi) is 8.28. The maximum absolute atomic E-state index is 13.9. The highest BCUT2D eigenvalue weighted by molar-refractivity contribution is 7.89. The molecule has 9 heteroatoms. The van der Waals surface area contributed by atoms with Crippen LogP contribution >= 0.6 is 11.6 Å². The van der Waals surface area contributed by atoms with Crippen molar-refractivity contribution >= 4 is 27.5 Å². The number of hydrogen-bond donors (Lipinski definition) is 1. The fraction of sp³-hybridized carbons (Fsp3) is 0.409. The molecule has 0 aromatic heterocycles. The Balaban J connectivity index is 1.35. The van der Waals surface area contributed by atoms with Crippen LogP contribution in [0.4, 0.5) is 4.39 Å². The second-order valence-corrected chi connectivity index (χ2v) is 9.75. The molecule has 1 heterocycles. The Labute approximate surface area is 187 Å². The zero-order valence-electron chi connectivity index (χ0n) is 17.1. The van der Waals surface area contributed by atoms with Gasteiger partial charge >= 0.3 is 0 Å². The second-order valence-electron chi connectivity index (χ2n) is 7.41. The van der Waals surface area contributed by atoms with Crippen LogP contribution in [-0.2, 0) is 14.8 Å². The van der Waals surface area contributed by atoms with E-state index in [1.807, 2.05) is 12.1 Å². The van der Waals surface area contributed by atoms with Gasteiger partial charge in [0, 0.05) is 30.6 Å². The van der Waals surface area contributed by atoms with E-state index in [1.165, 1.54) is 22.5 Å². The number of carbonyl (C=O) groups excluding carboxylic acids is 1. The van der Waals surface area contributed by atoms with Gasteiger partial charge in [0.25, 0.3) is 0 Å². The molecule has 1 aliphatic heterocycles. The van der Waals surface area contributed by atoms with Crippen molar-refractivity contribution in [2.24, 2.45) is 5.92 Å². The van der Waals surface area contributed by atoms with Crippen molar-refractivity contribution in [2.45, 2.75) is 30.6 Å². The number of piperidine rings is 1. The molecule has 1 N–H and O–H groups in total. The Bertz CT molecular complexity index is 977. The third-order valence-corrected chi connectivity index (χ3v) is 7.42. The summed E-state index contributed by atoms with van der Waals surface area (Å²) in [7, 11) is -3.89. The first-order chi connectivity index (χ1) is 14.9. The quantitative estimate of drug-likeness (QED) is 0.567. The number of ether oxygens (including phenoxy) is 1. The monoisotopic (exact) mass is 468 g/mol. The smallest absolute Gasteiger partial charge is 0.245 e. The summed E-state index contributed by atoms with van der Waals surface area (Å²) in [5.41, 5.74) is 0. The SMILES string of the molecule is O=C(NCCCCOc1ccc(Cl)cc1)C1CCN(S(=O)(=O)c2ccccc2F)CC1. The van der Waals surface area contributed by atoms with E-state index in [0.717, 1.165) is 24.7 Å². The average molecular weight is 469 g/mol. The van der Waals surface area contributed by atoms with Gasteiger partial charge < -0.3 is 10.1 Å². The van der Waals surface area contributed by atoms with Gasteiger partial charge in [0.1, 0.15) is 16.5 Å². The summed E-state index contributed by atoms with van der Waals surface area (Å²) in [6.45, 7) is 1.48. The third kappa shape index (κ3) is 6.41. The van der Waals surface area contributed by atoms with E-state index in [4.69, 9.17) is 16.3 Å². The minimum atomic E-state index is -3.89. The van der Waals surface area contributed by atoms with Crippen LogP contribution in [0.3, 0.4) is 0 Å². The average Bonchev–Trinajstić information content (AvgIpc) is 2.77. The standard InChI is InChI=1S/C22H26ClFN2O4S/c23-18-7-9-19(10-8-18)30-16-4-3-13-25-22(27)17-11-14-26(15-12-17)31(28,29)21-6-2-1-5-20(21)24/h1-2,5-10,17H,3-4,11-16H2,(H,25,27). The van der Waals surface area contributed by atoms with E-state index >= 15 is 0 Å². The summed E-state index contributed by atoms with van der Waals surface area (Å²) in [6, 6.07) is 12.5. The van der Waals surface area contributed by atoms with Crippen molar-refractivity contribution in [1.29, 1.82) is 0 Å². The molecule has 6 nitrogen and oxygen atoms in total. The number of nitrogens with zero attached hydrogens (tertiary/aromatic N) is 1. The fourth-order valence-corrected chi connectivity index (χ4v) is 5.12. The van der Waals surface area contributed by atoms with Gasteiger partial charge in [0.2, 0.25) is 15.9 Å². The number of hydrogen-bond acceptors (Lipinski definition) is 4. The molecule has 0 saturated carbocycles. The number of sulfonamides is 1. The topological polar surface area (TPSA) is 75.7 Å². The van der Waals surface area contributed by atoms with E-state index in [9.17, 15) is 17.6 Å². The van der Waals surface area contributed by atoms with E-state index in [1.54, 1.807) is 12.1 Å². The molecule has 0 aliphatic carbocycles. The van der Waals surface area contributed by atoms with Gasteiger partial charge in [-0.05, 0) is 62.1 Å². The van der Waals surface area contributed by atoms with E-state index in [2.05, 4.69) is 5.32 Å². The molecular formula is C22H26ClFN2O4S. The van der Waals surface area contributed by atoms with Gasteiger partial charge in [0.15, 0.2) is 0 Å². The third-order valence-electron chi connectivity index (χ3n) is 5.23. The van der Waals surface area contributed by atoms with Crippen LogP contribution in [0.5, 0.6) is 5.75 Å². The van der Waals surface area contributed by atoms with Crippen LogP contribution < -0.4 is 10.1 Å². The first-order valence-corrected chi connectivity index (χ1v) is 12.1. The number of benzene rings is 2. The summed E-state index contributed by atoms with van der Waals surface area (Å²) in [6.07, 6.45) is 2.40. The van der Waals surface area contributed by atoms with Gasteiger partial charge in [-0.15, -0.1) is 0 Å². The molecule has 3 rings (SSSR count). The Morgan fingerprint density at radius 2 is 1.77 bits per heavy atom. The predicted molar refractivity (Wildman–Crippen MR) is 117 cm³/mol. The summed E-state index contributed by atoms with van der Waals surface area (Å²) in [5, 5.41) is 3.57. The van der Waals surface area contributed by atoms with Crippen LogP contribution in [0.2, 0.25) is 5.02 Å². The molecule has 1 amide bonds. The Morgan fingerprint density at radius 1 is 1.10 bits per heavy atom. The summed E-state index contributed by atoms with van der Waals surface area (Å²) >= 11 is 5.83. The summed E-state index contributed by atoms with van der Waals surface area (Å²) < 4.78 is 46.1. The minimum absolute atomic E-state index is 0.0680. The van der Waals surface area contributed by atoms with Crippen molar-refractivity contribution < 1.29 is 22.3 Å². The van der Waals surface area contributed by atoms with Crippen LogP contribution in [0, 0.1) is 11.7 Å². The van der Waals surface area contributed by atoms with Gasteiger partial charge in [-0.1, -0.05) is 23.7 Å². The molecule has 31 heavy (non-hydrogen) atoms. The Morgan fingerprint density at radius 3 is 2.45 bits per heavy atom. The lowest BCUT2D eigenvalue weighted by Crippen LogP contribution is -2.43. The zero-order chi connectivity index (χ0) is 22.3. The maximum atomic E-state index is 13.9. The lowest BCUT2D eigenvalue weighted by atomic mass is 9.97. The van der Waals surface area contributed by atoms with Gasteiger partial charge in [0.05, 0.1) is 6.61 Å². The second kappa shape index (κ2) is 10.9. The molecule has 168 valence electrons. The molecule has 1 aliphatic rings. The lowest BCUT2D eigenvalue weighted by molar-refractivity contribution is -0.126. The largest absolute Gasteiger partial charge is 0.494 e. The number of amides is 1. The molecule has 0 radical (unpaired) electrons. The van der Waals surface area contributed by atoms with Gasteiger partial charge in [-0.25, -0.2) is 12.8 Å². The first-order valence-electron chi connectivity index (χ1n) is 10.3. The first kappa shape index (κ1) is 23.5. The van der Waals surface area contributed by atoms with Crippen LogP contribution in [-0.4, -0.2) is 44.9 Å². The highest BCUT2D eigenvalue weighted by Crippen LogP contribution is 2.25. The van der Waals surface area contributed by atoms with Gasteiger partial charge in [-0.2, -0.15) is 4.31 Å². The fourth-order valence-electron chi connectivity index (χ4n) is 3.46. The molecule has 1 fully saturated rings. The molecule has 2 aromatic rings. The molecule has 0 unspecified atom stereocenters. The zero-order valence-corrected chi connectivity index (χ0v) is 18.7. The number of nitrogens with one attached hydrogen (secondary N) is 1. The molecular weight excluding hydrogens is 443 g/mol. The van der Waals surface area contributed by atoms with Crippen LogP contribution in [0.15, 0.2) is 53.4 Å².